The fourth-order valence-corrected chi connectivity index (χ4v) is 1.38. The monoisotopic (exact) mass is 197 g/mol. The number of fused-ring (bicyclic) bond motifs is 1. The Labute approximate surface area is 85.9 Å². The largest absolute Gasteiger partial charge is 0.280 e. The molecule has 1 heterocycles. The molecule has 0 aromatic heterocycles. The first-order valence-corrected chi connectivity index (χ1v) is 4.38. The Balaban J connectivity index is 2.71. The van der Waals surface area contributed by atoms with Crippen LogP contribution < -0.4 is 10.6 Å². The molecule has 1 amide bonds. The second-order valence-electron chi connectivity index (χ2n) is 3.09. The van der Waals surface area contributed by atoms with Crippen molar-refractivity contribution in [3.63, 3.8) is 0 Å². The molecule has 72 valence electrons. The van der Waals surface area contributed by atoms with E-state index in [0.29, 0.717) is 16.1 Å². The number of amidine groups is 1. The number of aliphatic imine (C=N–C) groups is 1. The Kier molecular flexibility index (Phi) is 2.14. The van der Waals surface area contributed by atoms with Crippen LogP contribution in [0.4, 0.5) is 0 Å². The van der Waals surface area contributed by atoms with Gasteiger partial charge in [0, 0.05) is 0 Å². The van der Waals surface area contributed by atoms with Crippen LogP contribution in [0.3, 0.4) is 0 Å². The van der Waals surface area contributed by atoms with E-state index in [2.05, 4.69) is 16.6 Å². The van der Waals surface area contributed by atoms with Crippen molar-refractivity contribution in [2.24, 2.45) is 9.98 Å². The standard InChI is InChI=1S/C11H7N3O/c1-7-3-2-4-8-10(7)13-9(5-6-12)14-11(8)15/h2-4H,1,5H2. The molecule has 2 rings (SSSR count). The van der Waals surface area contributed by atoms with Crippen molar-refractivity contribution in [2.45, 2.75) is 6.42 Å². The maximum absolute atomic E-state index is 11.5. The van der Waals surface area contributed by atoms with Crippen LogP contribution in [0.15, 0.2) is 28.2 Å². The third-order valence-corrected chi connectivity index (χ3v) is 2.06. The summed E-state index contributed by atoms with van der Waals surface area (Å²) in [6.45, 7) is 3.78. The maximum Gasteiger partial charge on any atom is 0.280 e. The van der Waals surface area contributed by atoms with Gasteiger partial charge < -0.3 is 0 Å². The fraction of sp³-hybridized carbons (Fsp3) is 0.0909. The van der Waals surface area contributed by atoms with Gasteiger partial charge in [-0.2, -0.15) is 10.3 Å². The SMILES string of the molecule is C=c1cccc2c1=NC(CC#N)=NC2=O. The zero-order valence-electron chi connectivity index (χ0n) is 7.90. The predicted molar refractivity (Wildman–Crippen MR) is 54.7 cm³/mol. The third kappa shape index (κ3) is 1.55. The molecule has 0 spiro atoms. The quantitative estimate of drug-likeness (QED) is 0.644. The van der Waals surface area contributed by atoms with E-state index in [4.69, 9.17) is 5.26 Å². The van der Waals surface area contributed by atoms with E-state index in [1.807, 2.05) is 6.07 Å². The van der Waals surface area contributed by atoms with Gasteiger partial charge in [0.1, 0.15) is 5.84 Å². The molecular weight excluding hydrogens is 190 g/mol. The van der Waals surface area contributed by atoms with Gasteiger partial charge in [0.15, 0.2) is 0 Å². The van der Waals surface area contributed by atoms with Gasteiger partial charge in [-0.1, -0.05) is 18.7 Å². The van der Waals surface area contributed by atoms with Gasteiger partial charge in [-0.05, 0) is 11.3 Å². The number of carbonyl (C=O) groups excluding carboxylic acids is 1. The molecule has 0 N–H and O–H groups in total. The molecule has 0 aliphatic carbocycles. The molecule has 0 fully saturated rings. The number of nitrogens with zero attached hydrogens (tertiary/aromatic N) is 3. The van der Waals surface area contributed by atoms with Crippen LogP contribution in [-0.4, -0.2) is 11.7 Å². The number of amides is 1. The first-order chi connectivity index (χ1) is 7.22. The molecular formula is C11H7N3O. The first kappa shape index (κ1) is 9.28. The number of rotatable bonds is 1. The van der Waals surface area contributed by atoms with E-state index in [1.54, 1.807) is 18.2 Å². The topological polar surface area (TPSA) is 65.6 Å². The number of carbonyl (C=O) groups is 1. The molecule has 0 radical (unpaired) electrons. The van der Waals surface area contributed by atoms with E-state index < -0.39 is 0 Å². The van der Waals surface area contributed by atoms with Crippen molar-refractivity contribution in [3.05, 3.63) is 34.3 Å². The Hall–Kier alpha value is -2.28. The highest BCUT2D eigenvalue weighted by molar-refractivity contribution is 6.06. The Bertz CT molecular complexity index is 608. The lowest BCUT2D eigenvalue weighted by Gasteiger charge is -2.04. The lowest BCUT2D eigenvalue weighted by atomic mass is 10.1. The van der Waals surface area contributed by atoms with Crippen LogP contribution in [0.25, 0.3) is 6.58 Å². The molecule has 0 saturated carbocycles. The summed E-state index contributed by atoms with van der Waals surface area (Å²) < 4.78 is 0. The summed E-state index contributed by atoms with van der Waals surface area (Å²) in [5.74, 6) is -0.0955. The number of nitriles is 1. The Morgan fingerprint density at radius 1 is 1.40 bits per heavy atom. The minimum absolute atomic E-state index is 0.0412. The van der Waals surface area contributed by atoms with Crippen molar-refractivity contribution in [3.8, 4) is 6.07 Å². The van der Waals surface area contributed by atoms with E-state index in [1.165, 1.54) is 0 Å². The third-order valence-electron chi connectivity index (χ3n) is 2.06. The fourth-order valence-electron chi connectivity index (χ4n) is 1.38. The summed E-state index contributed by atoms with van der Waals surface area (Å²) in [7, 11) is 0. The average molecular weight is 197 g/mol. The predicted octanol–water partition coefficient (Wildman–Crippen LogP) is 0.182. The molecule has 0 saturated heterocycles. The number of hydrogen-bond acceptors (Lipinski definition) is 3. The van der Waals surface area contributed by atoms with Crippen molar-refractivity contribution >= 4 is 18.3 Å². The van der Waals surface area contributed by atoms with Crippen molar-refractivity contribution in [1.82, 2.24) is 0 Å². The molecule has 1 aliphatic heterocycles. The summed E-state index contributed by atoms with van der Waals surface area (Å²) >= 11 is 0. The smallest absolute Gasteiger partial charge is 0.267 e. The summed E-state index contributed by atoms with van der Waals surface area (Å²) in [6, 6.07) is 7.07. The zero-order chi connectivity index (χ0) is 10.8. The number of benzene rings is 1. The van der Waals surface area contributed by atoms with Gasteiger partial charge in [-0.3, -0.25) is 4.79 Å². The van der Waals surface area contributed by atoms with E-state index in [-0.39, 0.29) is 18.2 Å². The second-order valence-corrected chi connectivity index (χ2v) is 3.09. The molecule has 4 nitrogen and oxygen atoms in total. The van der Waals surface area contributed by atoms with Gasteiger partial charge in [-0.15, -0.1) is 0 Å². The highest BCUT2D eigenvalue weighted by Gasteiger charge is 2.14. The number of hydrogen-bond donors (Lipinski definition) is 0. The number of para-hydroxylation sites is 1. The van der Waals surface area contributed by atoms with Crippen molar-refractivity contribution in [2.75, 3.05) is 0 Å². The highest BCUT2D eigenvalue weighted by atomic mass is 16.1. The summed E-state index contributed by atoms with van der Waals surface area (Å²) in [5, 5.41) is 9.71. The molecule has 4 heteroatoms. The highest BCUT2D eigenvalue weighted by Crippen LogP contribution is 2.00. The lowest BCUT2D eigenvalue weighted by Crippen LogP contribution is -2.33. The van der Waals surface area contributed by atoms with Crippen LogP contribution in [0.1, 0.15) is 16.8 Å². The van der Waals surface area contributed by atoms with Gasteiger partial charge in [0.2, 0.25) is 0 Å². The minimum Gasteiger partial charge on any atom is -0.267 e. The molecule has 1 aromatic rings. The molecule has 0 atom stereocenters. The van der Waals surface area contributed by atoms with Crippen LogP contribution in [0, 0.1) is 11.3 Å². The van der Waals surface area contributed by atoms with Gasteiger partial charge in [0.25, 0.3) is 5.91 Å². The van der Waals surface area contributed by atoms with E-state index in [9.17, 15) is 4.79 Å². The summed E-state index contributed by atoms with van der Waals surface area (Å²) in [4.78, 5) is 19.4. The minimum atomic E-state index is -0.351. The van der Waals surface area contributed by atoms with Crippen LogP contribution in [0.5, 0.6) is 0 Å². The van der Waals surface area contributed by atoms with E-state index >= 15 is 0 Å². The second kappa shape index (κ2) is 3.46. The van der Waals surface area contributed by atoms with Crippen molar-refractivity contribution in [1.29, 1.82) is 5.26 Å². The zero-order valence-corrected chi connectivity index (χ0v) is 7.90. The Morgan fingerprint density at radius 3 is 2.93 bits per heavy atom. The van der Waals surface area contributed by atoms with Crippen LogP contribution in [-0.2, 0) is 0 Å². The normalized spacial score (nSPS) is 13.5. The summed E-state index contributed by atoms with van der Waals surface area (Å²) in [6.07, 6.45) is 0.0412. The average Bonchev–Trinajstić information content (AvgIpc) is 2.20. The molecule has 1 aliphatic rings. The van der Waals surface area contributed by atoms with Crippen LogP contribution in [0.2, 0.25) is 0 Å². The first-order valence-electron chi connectivity index (χ1n) is 4.38. The van der Waals surface area contributed by atoms with Gasteiger partial charge in [-0.25, -0.2) is 4.99 Å². The summed E-state index contributed by atoms with van der Waals surface area (Å²) in [5.41, 5.74) is 0.448. The van der Waals surface area contributed by atoms with Crippen LogP contribution >= 0.6 is 0 Å². The lowest BCUT2D eigenvalue weighted by molar-refractivity contribution is 0.1000. The Morgan fingerprint density at radius 2 is 2.20 bits per heavy atom. The molecule has 1 aromatic carbocycles. The van der Waals surface area contributed by atoms with Gasteiger partial charge >= 0.3 is 0 Å². The van der Waals surface area contributed by atoms with Crippen molar-refractivity contribution < 1.29 is 4.79 Å². The molecule has 0 bridgehead atoms. The maximum atomic E-state index is 11.5. The van der Waals surface area contributed by atoms with E-state index in [0.717, 1.165) is 0 Å². The molecule has 15 heavy (non-hydrogen) atoms. The molecule has 0 unspecified atom stereocenters. The van der Waals surface area contributed by atoms with Gasteiger partial charge in [0.05, 0.1) is 23.4 Å².